The molecule has 106 valence electrons. The number of carboxylic acid groups (broad SMARTS) is 1. The van der Waals surface area contributed by atoms with E-state index in [1.54, 1.807) is 23.5 Å². The molecule has 0 amide bonds. The summed E-state index contributed by atoms with van der Waals surface area (Å²) in [6.07, 6.45) is 0. The molecule has 0 radical (unpaired) electrons. The quantitative estimate of drug-likeness (QED) is 0.919. The zero-order valence-corrected chi connectivity index (χ0v) is 12.7. The summed E-state index contributed by atoms with van der Waals surface area (Å²) >= 11 is 7.65. The van der Waals surface area contributed by atoms with E-state index < -0.39 is 5.97 Å². The first-order valence-corrected chi connectivity index (χ1v) is 7.14. The maximum absolute atomic E-state index is 11.0. The number of halogens is 1. The summed E-state index contributed by atoms with van der Waals surface area (Å²) in [5, 5.41) is 19.5. The van der Waals surface area contributed by atoms with Crippen LogP contribution < -0.4 is 0 Å². The zero-order valence-electron chi connectivity index (χ0n) is 11.1. The number of carboxylic acids is 1. The highest BCUT2D eigenvalue weighted by atomic mass is 35.5. The number of nitrogens with zero attached hydrogens (tertiary/aromatic N) is 3. The number of aryl methyl sites for hydroxylation is 1. The van der Waals surface area contributed by atoms with Gasteiger partial charge in [-0.25, -0.2) is 4.79 Å². The fourth-order valence-electron chi connectivity index (χ4n) is 1.81. The molecule has 2 rings (SSSR count). The van der Waals surface area contributed by atoms with Crippen molar-refractivity contribution in [2.75, 3.05) is 7.05 Å². The van der Waals surface area contributed by atoms with Gasteiger partial charge in [0.2, 0.25) is 0 Å². The van der Waals surface area contributed by atoms with Gasteiger partial charge in [-0.05, 0) is 37.7 Å². The summed E-state index contributed by atoms with van der Waals surface area (Å²) in [5.41, 5.74) is 1.03. The summed E-state index contributed by atoms with van der Waals surface area (Å²) in [7, 11) is 1.93. The molecule has 0 fully saturated rings. The van der Waals surface area contributed by atoms with E-state index in [4.69, 9.17) is 16.7 Å². The maximum atomic E-state index is 11.0. The number of hydrogen-bond donors (Lipinski definition) is 1. The number of rotatable bonds is 5. The van der Waals surface area contributed by atoms with Crippen molar-refractivity contribution in [2.24, 2.45) is 0 Å². The van der Waals surface area contributed by atoms with Gasteiger partial charge in [0, 0.05) is 11.6 Å². The monoisotopic (exact) mass is 311 g/mol. The first-order valence-electron chi connectivity index (χ1n) is 5.95. The van der Waals surface area contributed by atoms with E-state index in [2.05, 4.69) is 10.2 Å². The molecule has 1 aromatic heterocycles. The first-order chi connectivity index (χ1) is 9.45. The molecule has 0 saturated heterocycles. The van der Waals surface area contributed by atoms with E-state index in [9.17, 15) is 4.79 Å². The molecule has 0 atom stereocenters. The molecular formula is C13H14ClN3O2S. The Labute approximate surface area is 125 Å². The average Bonchev–Trinajstić information content (AvgIpc) is 2.77. The third-order valence-corrected chi connectivity index (χ3v) is 3.90. The molecule has 2 aromatic rings. The van der Waals surface area contributed by atoms with Gasteiger partial charge in [0.1, 0.15) is 10.0 Å². The van der Waals surface area contributed by atoms with Gasteiger partial charge in [-0.3, -0.25) is 4.90 Å². The number of hydrogen-bond acceptors (Lipinski definition) is 5. The van der Waals surface area contributed by atoms with E-state index in [1.807, 2.05) is 18.9 Å². The Bertz CT molecular complexity index is 630. The lowest BCUT2D eigenvalue weighted by atomic mass is 10.1. The molecule has 0 aliphatic heterocycles. The molecule has 1 N–H and O–H groups in total. The van der Waals surface area contributed by atoms with E-state index in [1.165, 1.54) is 6.07 Å². The summed E-state index contributed by atoms with van der Waals surface area (Å²) in [4.78, 5) is 13.0. The molecule has 0 saturated carbocycles. The lowest BCUT2D eigenvalue weighted by Crippen LogP contribution is -2.17. The summed E-state index contributed by atoms with van der Waals surface area (Å²) in [6.45, 7) is 3.12. The van der Waals surface area contributed by atoms with Crippen LogP contribution in [-0.4, -0.2) is 33.2 Å². The van der Waals surface area contributed by atoms with Crippen LogP contribution in [0, 0.1) is 6.92 Å². The highest BCUT2D eigenvalue weighted by molar-refractivity contribution is 7.11. The second-order valence-corrected chi connectivity index (χ2v) is 6.17. The van der Waals surface area contributed by atoms with Crippen LogP contribution in [0.15, 0.2) is 18.2 Å². The molecule has 0 bridgehead atoms. The molecule has 20 heavy (non-hydrogen) atoms. The zero-order chi connectivity index (χ0) is 14.7. The molecule has 0 aliphatic carbocycles. The largest absolute Gasteiger partial charge is 0.478 e. The second kappa shape index (κ2) is 6.30. The van der Waals surface area contributed by atoms with Crippen LogP contribution in [0.5, 0.6) is 0 Å². The average molecular weight is 312 g/mol. The van der Waals surface area contributed by atoms with Crippen LogP contribution in [0.2, 0.25) is 5.02 Å². The molecule has 0 aliphatic rings. The normalized spacial score (nSPS) is 11.0. The van der Waals surface area contributed by atoms with Crippen molar-refractivity contribution in [3.8, 4) is 0 Å². The standard InChI is InChI=1S/C13H14ClN3O2S/c1-8-15-16-12(20-8)7-17(2)6-10-5-9(13(18)19)3-4-11(10)14/h3-5H,6-7H2,1-2H3,(H,18,19). The van der Waals surface area contributed by atoms with Crippen molar-refractivity contribution in [1.29, 1.82) is 0 Å². The fourth-order valence-corrected chi connectivity index (χ4v) is 2.77. The third kappa shape index (κ3) is 3.75. The minimum atomic E-state index is -0.953. The van der Waals surface area contributed by atoms with Crippen LogP contribution >= 0.6 is 22.9 Å². The Morgan fingerprint density at radius 3 is 2.75 bits per heavy atom. The van der Waals surface area contributed by atoms with E-state index in [0.29, 0.717) is 18.1 Å². The molecule has 5 nitrogen and oxygen atoms in total. The Balaban J connectivity index is 2.08. The topological polar surface area (TPSA) is 66.3 Å². The van der Waals surface area contributed by atoms with Gasteiger partial charge >= 0.3 is 5.97 Å². The lowest BCUT2D eigenvalue weighted by molar-refractivity contribution is 0.0696. The fraction of sp³-hybridized carbons (Fsp3) is 0.308. The van der Waals surface area contributed by atoms with Gasteiger partial charge in [0.25, 0.3) is 0 Å². The number of benzene rings is 1. The molecular weight excluding hydrogens is 298 g/mol. The second-order valence-electron chi connectivity index (χ2n) is 4.50. The molecule has 0 unspecified atom stereocenters. The van der Waals surface area contributed by atoms with Crippen molar-refractivity contribution in [2.45, 2.75) is 20.0 Å². The predicted molar refractivity (Wildman–Crippen MR) is 78.2 cm³/mol. The van der Waals surface area contributed by atoms with Crippen LogP contribution in [0.4, 0.5) is 0 Å². The summed E-state index contributed by atoms with van der Waals surface area (Å²) in [5.74, 6) is -0.953. The Hall–Kier alpha value is -1.50. The lowest BCUT2D eigenvalue weighted by Gasteiger charge is -2.16. The van der Waals surface area contributed by atoms with E-state index in [0.717, 1.165) is 15.6 Å². The predicted octanol–water partition coefficient (Wildman–Crippen LogP) is 2.83. The third-order valence-electron chi connectivity index (χ3n) is 2.71. The maximum Gasteiger partial charge on any atom is 0.335 e. The summed E-state index contributed by atoms with van der Waals surface area (Å²) < 4.78 is 0. The number of aromatic carboxylic acids is 1. The van der Waals surface area contributed by atoms with Gasteiger partial charge in [-0.15, -0.1) is 21.5 Å². The van der Waals surface area contributed by atoms with Crippen LogP contribution in [0.3, 0.4) is 0 Å². The van der Waals surface area contributed by atoms with Gasteiger partial charge in [-0.1, -0.05) is 11.6 Å². The smallest absolute Gasteiger partial charge is 0.335 e. The molecule has 1 aromatic carbocycles. The van der Waals surface area contributed by atoms with Crippen molar-refractivity contribution >= 4 is 28.9 Å². The van der Waals surface area contributed by atoms with Crippen LogP contribution in [-0.2, 0) is 13.1 Å². The molecule has 0 spiro atoms. The minimum absolute atomic E-state index is 0.240. The van der Waals surface area contributed by atoms with Crippen molar-refractivity contribution in [3.05, 3.63) is 44.4 Å². The Morgan fingerprint density at radius 1 is 1.40 bits per heavy atom. The first kappa shape index (κ1) is 14.9. The minimum Gasteiger partial charge on any atom is -0.478 e. The van der Waals surface area contributed by atoms with Crippen molar-refractivity contribution < 1.29 is 9.90 Å². The summed E-state index contributed by atoms with van der Waals surface area (Å²) in [6, 6.07) is 4.72. The van der Waals surface area contributed by atoms with Gasteiger partial charge in [0.15, 0.2) is 0 Å². The molecule has 7 heteroatoms. The number of aromatic nitrogens is 2. The van der Waals surface area contributed by atoms with Crippen molar-refractivity contribution in [1.82, 2.24) is 15.1 Å². The van der Waals surface area contributed by atoms with Gasteiger partial charge < -0.3 is 5.11 Å². The van der Waals surface area contributed by atoms with E-state index in [-0.39, 0.29) is 5.56 Å². The number of carbonyl (C=O) groups is 1. The molecule has 1 heterocycles. The Kier molecular flexibility index (Phi) is 4.69. The van der Waals surface area contributed by atoms with E-state index >= 15 is 0 Å². The highest BCUT2D eigenvalue weighted by Gasteiger charge is 2.11. The van der Waals surface area contributed by atoms with Gasteiger partial charge in [0.05, 0.1) is 12.1 Å². The Morgan fingerprint density at radius 2 is 2.15 bits per heavy atom. The van der Waals surface area contributed by atoms with Gasteiger partial charge in [-0.2, -0.15) is 0 Å². The van der Waals surface area contributed by atoms with Crippen molar-refractivity contribution in [3.63, 3.8) is 0 Å². The van der Waals surface area contributed by atoms with Crippen LogP contribution in [0.1, 0.15) is 25.9 Å². The SMILES string of the molecule is Cc1nnc(CN(C)Cc2cc(C(=O)O)ccc2Cl)s1. The highest BCUT2D eigenvalue weighted by Crippen LogP contribution is 2.20. The van der Waals surface area contributed by atoms with Crippen LogP contribution in [0.25, 0.3) is 0 Å².